The van der Waals surface area contributed by atoms with Crippen molar-refractivity contribution in [3.05, 3.63) is 95.2 Å². The fourth-order valence-corrected chi connectivity index (χ4v) is 3.83. The van der Waals surface area contributed by atoms with Crippen LogP contribution in [0.4, 0.5) is 0 Å². The monoisotopic (exact) mass is 511 g/mol. The molecule has 0 unspecified atom stereocenters. The van der Waals surface area contributed by atoms with Crippen LogP contribution in [0.3, 0.4) is 0 Å². The molecule has 0 radical (unpaired) electrons. The summed E-state index contributed by atoms with van der Waals surface area (Å²) >= 11 is 0. The highest BCUT2D eigenvalue weighted by molar-refractivity contribution is 5.92. The van der Waals surface area contributed by atoms with Gasteiger partial charge >= 0.3 is 5.91 Å². The fraction of sp³-hybridized carbons (Fsp3) is 0.200. The van der Waals surface area contributed by atoms with Crippen molar-refractivity contribution in [3.63, 3.8) is 0 Å². The minimum atomic E-state index is -0.478. The van der Waals surface area contributed by atoms with Crippen LogP contribution in [0, 0.1) is 26.2 Å². The van der Waals surface area contributed by atoms with E-state index in [0.717, 1.165) is 5.69 Å². The van der Waals surface area contributed by atoms with Crippen LogP contribution in [0.5, 0.6) is 17.2 Å². The minimum absolute atomic E-state index is 0.127. The van der Waals surface area contributed by atoms with E-state index in [1.807, 2.05) is 31.2 Å². The Labute approximate surface area is 221 Å². The average Bonchev–Trinajstić information content (AvgIpc) is 3.53. The molecule has 0 saturated heterocycles. The van der Waals surface area contributed by atoms with Crippen LogP contribution in [-0.4, -0.2) is 29.9 Å². The highest BCUT2D eigenvalue weighted by atomic mass is 16.5. The molecule has 38 heavy (non-hydrogen) atoms. The van der Waals surface area contributed by atoms with Crippen LogP contribution in [-0.2, 0) is 6.61 Å². The lowest BCUT2D eigenvalue weighted by Crippen LogP contribution is -2.16. The number of furan rings is 1. The third kappa shape index (κ3) is 6.45. The van der Waals surface area contributed by atoms with Gasteiger partial charge in [0.15, 0.2) is 17.3 Å². The number of benzene rings is 2. The second-order valence-corrected chi connectivity index (χ2v) is 8.33. The van der Waals surface area contributed by atoms with E-state index in [0.29, 0.717) is 35.2 Å². The summed E-state index contributed by atoms with van der Waals surface area (Å²) in [7, 11) is 0. The number of hydrogen-bond acceptors (Lipinski definition) is 6. The molecule has 2 heterocycles. The lowest BCUT2D eigenvalue weighted by molar-refractivity contribution is 0.0923. The van der Waals surface area contributed by atoms with Crippen LogP contribution < -0.4 is 19.6 Å². The van der Waals surface area contributed by atoms with E-state index in [4.69, 9.17) is 25.1 Å². The molecule has 0 aliphatic rings. The maximum atomic E-state index is 12.4. The van der Waals surface area contributed by atoms with Crippen LogP contribution >= 0.6 is 0 Å². The minimum Gasteiger partial charge on any atom is -0.490 e. The fourth-order valence-electron chi connectivity index (χ4n) is 3.83. The number of rotatable bonds is 11. The number of hydrazone groups is 1. The smallest absolute Gasteiger partial charge is 0.307 e. The summed E-state index contributed by atoms with van der Waals surface area (Å²) < 4.78 is 24.7. The lowest BCUT2D eigenvalue weighted by Gasteiger charge is -2.10. The Kier molecular flexibility index (Phi) is 8.52. The summed E-state index contributed by atoms with van der Waals surface area (Å²) in [6.07, 6.45) is 6.75. The molecular weight excluding hydrogens is 482 g/mol. The zero-order chi connectivity index (χ0) is 26.9. The number of hydrogen-bond donors (Lipinski definition) is 1. The van der Waals surface area contributed by atoms with Gasteiger partial charge in [0.1, 0.15) is 24.7 Å². The third-order valence-corrected chi connectivity index (χ3v) is 5.59. The van der Waals surface area contributed by atoms with Crippen molar-refractivity contribution in [2.45, 2.75) is 27.4 Å². The Morgan fingerprint density at radius 3 is 2.47 bits per heavy atom. The summed E-state index contributed by atoms with van der Waals surface area (Å²) in [6, 6.07) is 20.5. The standard InChI is InChI=1S/C30H29N3O5/c1-5-17-36-27-15-9-23(18-29(27)35-6-2)19-31-32-30(34)28-16-14-26(38-28)20-37-25-12-10-24(11-13-25)33-21(3)7-8-22(33)4/h1,7-16,18-19H,6,17,20H2,2-4H3,(H,32,34)/b31-19+. The highest BCUT2D eigenvalue weighted by Gasteiger charge is 2.12. The molecule has 0 aliphatic heterocycles. The first-order valence-electron chi connectivity index (χ1n) is 12.1. The number of carbonyl (C=O) groups is 1. The second kappa shape index (κ2) is 12.4. The Morgan fingerprint density at radius 2 is 1.76 bits per heavy atom. The number of nitrogens with zero attached hydrogens (tertiary/aromatic N) is 2. The van der Waals surface area contributed by atoms with E-state index in [1.54, 1.807) is 30.3 Å². The number of aromatic nitrogens is 1. The molecule has 0 bridgehead atoms. The quantitative estimate of drug-likeness (QED) is 0.165. The zero-order valence-electron chi connectivity index (χ0n) is 21.6. The Morgan fingerprint density at radius 1 is 1.00 bits per heavy atom. The highest BCUT2D eigenvalue weighted by Crippen LogP contribution is 2.28. The van der Waals surface area contributed by atoms with Crippen LogP contribution in [0.1, 0.15) is 40.2 Å². The molecule has 8 heteroatoms. The number of amides is 1. The first-order valence-corrected chi connectivity index (χ1v) is 12.1. The zero-order valence-corrected chi connectivity index (χ0v) is 21.6. The predicted octanol–water partition coefficient (Wildman–Crippen LogP) is 5.44. The SMILES string of the molecule is C#CCOc1ccc(/C=N/NC(=O)c2ccc(COc3ccc(-n4c(C)ccc4C)cc3)o2)cc1OCC. The molecule has 0 aliphatic carbocycles. The molecule has 1 amide bonds. The van der Waals surface area contributed by atoms with Gasteiger partial charge in [-0.1, -0.05) is 5.92 Å². The van der Waals surface area contributed by atoms with Gasteiger partial charge in [-0.3, -0.25) is 4.79 Å². The van der Waals surface area contributed by atoms with Gasteiger partial charge < -0.3 is 23.2 Å². The summed E-state index contributed by atoms with van der Waals surface area (Å²) in [5, 5.41) is 4.01. The lowest BCUT2D eigenvalue weighted by atomic mass is 10.2. The topological polar surface area (TPSA) is 87.2 Å². The maximum absolute atomic E-state index is 12.4. The largest absolute Gasteiger partial charge is 0.490 e. The molecule has 1 N–H and O–H groups in total. The van der Waals surface area contributed by atoms with Crippen LogP contribution in [0.15, 0.2) is 76.2 Å². The predicted molar refractivity (Wildman–Crippen MR) is 145 cm³/mol. The van der Waals surface area contributed by atoms with Gasteiger partial charge in [0.05, 0.1) is 12.8 Å². The third-order valence-electron chi connectivity index (χ3n) is 5.59. The van der Waals surface area contributed by atoms with Crippen molar-refractivity contribution in [3.8, 4) is 35.3 Å². The van der Waals surface area contributed by atoms with Crippen molar-refractivity contribution in [2.75, 3.05) is 13.2 Å². The molecule has 194 valence electrons. The molecule has 2 aromatic carbocycles. The molecular formula is C30H29N3O5. The van der Waals surface area contributed by atoms with E-state index in [-0.39, 0.29) is 19.0 Å². The summed E-state index contributed by atoms with van der Waals surface area (Å²) in [4.78, 5) is 12.4. The number of aryl methyl sites for hydroxylation is 2. The summed E-state index contributed by atoms with van der Waals surface area (Å²) in [5.41, 5.74) is 6.57. The van der Waals surface area contributed by atoms with Crippen molar-refractivity contribution < 1.29 is 23.4 Å². The average molecular weight is 512 g/mol. The van der Waals surface area contributed by atoms with Crippen LogP contribution in [0.25, 0.3) is 5.69 Å². The van der Waals surface area contributed by atoms with Gasteiger partial charge in [-0.15, -0.1) is 6.42 Å². The second-order valence-electron chi connectivity index (χ2n) is 8.33. The first-order chi connectivity index (χ1) is 18.5. The van der Waals surface area contributed by atoms with Crippen molar-refractivity contribution in [2.24, 2.45) is 5.10 Å². The van der Waals surface area contributed by atoms with Gasteiger partial charge in [0.25, 0.3) is 0 Å². The van der Waals surface area contributed by atoms with E-state index in [9.17, 15) is 4.79 Å². The maximum Gasteiger partial charge on any atom is 0.307 e. The number of terminal acetylenes is 1. The van der Waals surface area contributed by atoms with Gasteiger partial charge in [0.2, 0.25) is 0 Å². The number of carbonyl (C=O) groups excluding carboxylic acids is 1. The molecule has 8 nitrogen and oxygen atoms in total. The summed E-state index contributed by atoms with van der Waals surface area (Å²) in [6.45, 7) is 6.80. The molecule has 0 atom stereocenters. The van der Waals surface area contributed by atoms with Crippen molar-refractivity contribution in [1.29, 1.82) is 0 Å². The van der Waals surface area contributed by atoms with Gasteiger partial charge in [-0.05, 0) is 93.1 Å². The number of nitrogens with one attached hydrogen (secondary N) is 1. The van der Waals surface area contributed by atoms with Gasteiger partial charge in [0, 0.05) is 17.1 Å². The van der Waals surface area contributed by atoms with E-state index < -0.39 is 5.91 Å². The van der Waals surface area contributed by atoms with E-state index >= 15 is 0 Å². The molecule has 4 rings (SSSR count). The first kappa shape index (κ1) is 26.2. The normalized spacial score (nSPS) is 10.8. The molecule has 4 aromatic rings. The molecule has 0 spiro atoms. The summed E-state index contributed by atoms with van der Waals surface area (Å²) in [5.74, 6) is 4.37. The Bertz CT molecular complexity index is 1440. The van der Waals surface area contributed by atoms with Gasteiger partial charge in [-0.25, -0.2) is 5.43 Å². The van der Waals surface area contributed by atoms with Gasteiger partial charge in [-0.2, -0.15) is 5.10 Å². The van der Waals surface area contributed by atoms with E-state index in [1.165, 1.54) is 17.6 Å². The van der Waals surface area contributed by atoms with Crippen molar-refractivity contribution >= 4 is 12.1 Å². The van der Waals surface area contributed by atoms with Crippen molar-refractivity contribution in [1.82, 2.24) is 9.99 Å². The van der Waals surface area contributed by atoms with E-state index in [2.05, 4.69) is 47.0 Å². The number of ether oxygens (including phenoxy) is 3. The molecule has 0 fully saturated rings. The Hall–Kier alpha value is -4.90. The van der Waals surface area contributed by atoms with Crippen LogP contribution in [0.2, 0.25) is 0 Å². The molecule has 2 aromatic heterocycles. The molecule has 0 saturated carbocycles. The Balaban J connectivity index is 1.31.